The smallest absolute Gasteiger partial charge is 0.146 e. The van der Waals surface area contributed by atoms with Crippen molar-refractivity contribution >= 4 is 5.69 Å². The molecule has 1 aromatic carbocycles. The first kappa shape index (κ1) is 10.4. The van der Waals surface area contributed by atoms with Crippen LogP contribution in [0.3, 0.4) is 0 Å². The van der Waals surface area contributed by atoms with Crippen LogP contribution in [0.5, 0.6) is 0 Å². The maximum absolute atomic E-state index is 13.0. The van der Waals surface area contributed by atoms with E-state index in [1.165, 1.54) is 25.3 Å². The Morgan fingerprint density at radius 1 is 1.27 bits per heavy atom. The zero-order valence-electron chi connectivity index (χ0n) is 8.80. The molecular weight excluding hydrogens is 191 g/mol. The lowest BCUT2D eigenvalue weighted by Gasteiger charge is -2.16. The Balaban J connectivity index is 2.16. The minimum Gasteiger partial charge on any atom is -0.396 e. The molecule has 0 amide bonds. The Hall–Kier alpha value is -1.09. The van der Waals surface area contributed by atoms with Crippen molar-refractivity contribution < 1.29 is 4.39 Å². The Labute approximate surface area is 89.7 Å². The van der Waals surface area contributed by atoms with E-state index in [1.807, 2.05) is 6.07 Å². The van der Waals surface area contributed by atoms with Crippen LogP contribution in [0, 0.1) is 5.82 Å². The van der Waals surface area contributed by atoms with Gasteiger partial charge in [-0.3, -0.25) is 0 Å². The summed E-state index contributed by atoms with van der Waals surface area (Å²) in [5.74, 6) is -0.327. The van der Waals surface area contributed by atoms with Crippen LogP contribution in [-0.2, 0) is 0 Å². The van der Waals surface area contributed by atoms with Gasteiger partial charge in [0.1, 0.15) is 5.82 Å². The van der Waals surface area contributed by atoms with Crippen molar-refractivity contribution in [2.75, 3.05) is 12.3 Å². The highest BCUT2D eigenvalue weighted by Crippen LogP contribution is 2.24. The van der Waals surface area contributed by atoms with Gasteiger partial charge in [-0.05, 0) is 37.1 Å². The summed E-state index contributed by atoms with van der Waals surface area (Å²) in [6.07, 6.45) is 4.85. The summed E-state index contributed by atoms with van der Waals surface area (Å²) in [5, 5.41) is 3.47. The summed E-state index contributed by atoms with van der Waals surface area (Å²) in [4.78, 5) is 0. The lowest BCUT2D eigenvalue weighted by Crippen LogP contribution is -2.20. The van der Waals surface area contributed by atoms with E-state index in [-0.39, 0.29) is 11.5 Å². The van der Waals surface area contributed by atoms with Crippen molar-refractivity contribution in [2.24, 2.45) is 0 Å². The van der Waals surface area contributed by atoms with Crippen LogP contribution in [-0.4, -0.2) is 6.54 Å². The summed E-state index contributed by atoms with van der Waals surface area (Å²) >= 11 is 0. The van der Waals surface area contributed by atoms with Crippen LogP contribution in [0.25, 0.3) is 0 Å². The van der Waals surface area contributed by atoms with Gasteiger partial charge in [-0.1, -0.05) is 18.9 Å². The molecule has 15 heavy (non-hydrogen) atoms. The standard InChI is InChI=1S/C12H17FN2/c13-10-6-5-9(8-11(10)14)12-4-2-1-3-7-15-12/h5-6,8,12,15H,1-4,7,14H2. The van der Waals surface area contributed by atoms with Gasteiger partial charge in [0.15, 0.2) is 0 Å². The van der Waals surface area contributed by atoms with Gasteiger partial charge in [-0.25, -0.2) is 4.39 Å². The second kappa shape index (κ2) is 4.62. The van der Waals surface area contributed by atoms with Gasteiger partial charge in [0.2, 0.25) is 0 Å². The van der Waals surface area contributed by atoms with E-state index in [4.69, 9.17) is 5.73 Å². The third-order valence-corrected chi connectivity index (χ3v) is 2.98. The summed E-state index contributed by atoms with van der Waals surface area (Å²) in [6, 6.07) is 5.37. The molecule has 1 heterocycles. The third-order valence-electron chi connectivity index (χ3n) is 2.98. The fourth-order valence-corrected chi connectivity index (χ4v) is 2.09. The number of hydrogen-bond acceptors (Lipinski definition) is 2. The molecule has 0 aromatic heterocycles. The van der Waals surface area contributed by atoms with E-state index in [2.05, 4.69) is 5.32 Å². The summed E-state index contributed by atoms with van der Waals surface area (Å²) < 4.78 is 13.0. The van der Waals surface area contributed by atoms with Crippen molar-refractivity contribution in [2.45, 2.75) is 31.7 Å². The SMILES string of the molecule is Nc1cc(C2CCCCCN2)ccc1F. The van der Waals surface area contributed by atoms with Gasteiger partial charge in [0.25, 0.3) is 0 Å². The van der Waals surface area contributed by atoms with Crippen molar-refractivity contribution in [3.8, 4) is 0 Å². The third kappa shape index (κ3) is 2.48. The van der Waals surface area contributed by atoms with Crippen LogP contribution in [0.2, 0.25) is 0 Å². The lowest BCUT2D eigenvalue weighted by atomic mass is 10.0. The molecule has 2 nitrogen and oxygen atoms in total. The molecule has 1 saturated heterocycles. The topological polar surface area (TPSA) is 38.0 Å². The van der Waals surface area contributed by atoms with Gasteiger partial charge in [-0.15, -0.1) is 0 Å². The molecule has 1 aliphatic heterocycles. The van der Waals surface area contributed by atoms with Gasteiger partial charge in [0, 0.05) is 6.04 Å². The quantitative estimate of drug-likeness (QED) is 0.696. The molecule has 0 saturated carbocycles. The molecule has 0 aliphatic carbocycles. The predicted molar refractivity (Wildman–Crippen MR) is 60.0 cm³/mol. The van der Waals surface area contributed by atoms with Crippen LogP contribution in [0.1, 0.15) is 37.3 Å². The zero-order valence-corrected chi connectivity index (χ0v) is 8.80. The molecule has 2 rings (SSSR count). The lowest BCUT2D eigenvalue weighted by molar-refractivity contribution is 0.533. The maximum Gasteiger partial charge on any atom is 0.146 e. The number of nitrogens with two attached hydrogens (primary N) is 1. The van der Waals surface area contributed by atoms with Crippen LogP contribution in [0.4, 0.5) is 10.1 Å². The van der Waals surface area contributed by atoms with Crippen molar-refractivity contribution in [3.05, 3.63) is 29.6 Å². The van der Waals surface area contributed by atoms with Crippen LogP contribution >= 0.6 is 0 Å². The van der Waals surface area contributed by atoms with Crippen LogP contribution < -0.4 is 11.1 Å². The van der Waals surface area contributed by atoms with E-state index >= 15 is 0 Å². The fraction of sp³-hybridized carbons (Fsp3) is 0.500. The van der Waals surface area contributed by atoms with Crippen LogP contribution in [0.15, 0.2) is 18.2 Å². The van der Waals surface area contributed by atoms with E-state index in [9.17, 15) is 4.39 Å². The van der Waals surface area contributed by atoms with Gasteiger partial charge >= 0.3 is 0 Å². The number of hydrogen-bond donors (Lipinski definition) is 2. The first-order valence-corrected chi connectivity index (χ1v) is 5.55. The summed E-state index contributed by atoms with van der Waals surface area (Å²) in [7, 11) is 0. The van der Waals surface area contributed by atoms with Crippen molar-refractivity contribution in [3.63, 3.8) is 0 Å². The predicted octanol–water partition coefficient (Wildman–Crippen LogP) is 2.61. The summed E-state index contributed by atoms with van der Waals surface area (Å²) in [5.41, 5.74) is 6.92. The fourth-order valence-electron chi connectivity index (χ4n) is 2.09. The largest absolute Gasteiger partial charge is 0.396 e. The highest BCUT2D eigenvalue weighted by atomic mass is 19.1. The molecule has 1 fully saturated rings. The highest BCUT2D eigenvalue weighted by molar-refractivity contribution is 5.43. The molecule has 3 N–H and O–H groups in total. The second-order valence-electron chi connectivity index (χ2n) is 4.14. The van der Waals surface area contributed by atoms with Gasteiger partial charge in [0.05, 0.1) is 5.69 Å². The molecule has 0 radical (unpaired) electrons. The minimum atomic E-state index is -0.327. The second-order valence-corrected chi connectivity index (χ2v) is 4.14. The van der Waals surface area contributed by atoms with E-state index in [1.54, 1.807) is 6.07 Å². The van der Waals surface area contributed by atoms with Gasteiger partial charge < -0.3 is 11.1 Å². The average molecular weight is 208 g/mol. The maximum atomic E-state index is 13.0. The van der Waals surface area contributed by atoms with Crippen molar-refractivity contribution in [1.82, 2.24) is 5.32 Å². The molecule has 0 spiro atoms. The minimum absolute atomic E-state index is 0.249. The van der Waals surface area contributed by atoms with E-state index < -0.39 is 0 Å². The molecule has 1 aliphatic rings. The normalized spacial score (nSPS) is 22.3. The summed E-state index contributed by atoms with van der Waals surface area (Å²) in [6.45, 7) is 1.04. The number of halogens is 1. The molecule has 1 aromatic rings. The average Bonchev–Trinajstić information content (AvgIpc) is 2.50. The number of benzene rings is 1. The highest BCUT2D eigenvalue weighted by Gasteiger charge is 2.14. The Morgan fingerprint density at radius 3 is 2.93 bits per heavy atom. The van der Waals surface area contributed by atoms with E-state index in [0.717, 1.165) is 18.5 Å². The number of rotatable bonds is 1. The molecule has 82 valence electrons. The monoisotopic (exact) mass is 208 g/mol. The number of anilines is 1. The Kier molecular flexibility index (Phi) is 3.21. The zero-order chi connectivity index (χ0) is 10.7. The molecule has 3 heteroatoms. The Morgan fingerprint density at radius 2 is 2.13 bits per heavy atom. The van der Waals surface area contributed by atoms with E-state index in [0.29, 0.717) is 6.04 Å². The molecular formula is C12H17FN2. The van der Waals surface area contributed by atoms with Crippen molar-refractivity contribution in [1.29, 1.82) is 0 Å². The van der Waals surface area contributed by atoms with Gasteiger partial charge in [-0.2, -0.15) is 0 Å². The molecule has 0 bridgehead atoms. The molecule has 1 atom stereocenters. The molecule has 1 unspecified atom stereocenters. The Bertz CT molecular complexity index is 330. The number of nitrogens with one attached hydrogen (secondary N) is 1. The first-order valence-electron chi connectivity index (χ1n) is 5.55. The number of nitrogen functional groups attached to an aromatic ring is 1. The first-order chi connectivity index (χ1) is 7.27.